The summed E-state index contributed by atoms with van der Waals surface area (Å²) in [6.45, 7) is 0.296. The molecular weight excluding hydrogens is 306 g/mol. The molecule has 0 unspecified atom stereocenters. The number of imidazole rings is 1. The van der Waals surface area contributed by atoms with Crippen molar-refractivity contribution in [1.29, 1.82) is 0 Å². The number of aliphatic hydroxyl groups excluding tert-OH is 2. The average Bonchev–Trinajstić information content (AvgIpc) is 3.11. The Labute approximate surface area is 131 Å². The molecule has 4 rings (SSSR count). The molecule has 2 aliphatic carbocycles. The third kappa shape index (κ3) is 1.88. The van der Waals surface area contributed by atoms with Crippen LogP contribution in [0.5, 0.6) is 0 Å². The standard InChI is InChI=1S/C14H14ClN5O2/c1-2-3-16-12-8-13(19-14(15)18-12)20(5-17-8)9-6-4-7(6)10(21)11(9)22/h1,5-7,9-11,21-22H,3-4H2,(H,16,18,19)/t6-,7+,9+,10+,11-/m0/s1. The molecule has 0 bridgehead atoms. The van der Waals surface area contributed by atoms with Gasteiger partial charge in [-0.25, -0.2) is 4.98 Å². The second-order valence-electron chi connectivity index (χ2n) is 5.76. The number of hydrogen-bond acceptors (Lipinski definition) is 6. The lowest BCUT2D eigenvalue weighted by Crippen LogP contribution is -2.31. The van der Waals surface area contributed by atoms with E-state index in [2.05, 4.69) is 26.2 Å². The Morgan fingerprint density at radius 3 is 2.86 bits per heavy atom. The maximum atomic E-state index is 10.3. The minimum atomic E-state index is -0.822. The van der Waals surface area contributed by atoms with Crippen molar-refractivity contribution in [1.82, 2.24) is 19.5 Å². The van der Waals surface area contributed by atoms with E-state index in [1.165, 1.54) is 0 Å². The van der Waals surface area contributed by atoms with Crippen molar-refractivity contribution in [3.8, 4) is 12.3 Å². The van der Waals surface area contributed by atoms with Gasteiger partial charge in [0.25, 0.3) is 0 Å². The fourth-order valence-electron chi connectivity index (χ4n) is 3.47. The van der Waals surface area contributed by atoms with Crippen molar-refractivity contribution in [2.24, 2.45) is 11.8 Å². The molecule has 2 saturated carbocycles. The lowest BCUT2D eigenvalue weighted by Gasteiger charge is -2.22. The molecule has 0 amide bonds. The van der Waals surface area contributed by atoms with Crippen LogP contribution in [0.15, 0.2) is 6.33 Å². The van der Waals surface area contributed by atoms with Gasteiger partial charge in [-0.1, -0.05) is 5.92 Å². The summed E-state index contributed by atoms with van der Waals surface area (Å²) >= 11 is 5.98. The van der Waals surface area contributed by atoms with E-state index in [4.69, 9.17) is 18.0 Å². The Hall–Kier alpha value is -1.88. The van der Waals surface area contributed by atoms with E-state index in [1.807, 2.05) is 0 Å². The van der Waals surface area contributed by atoms with Crippen LogP contribution in [0.2, 0.25) is 5.28 Å². The van der Waals surface area contributed by atoms with Crippen LogP contribution in [0.25, 0.3) is 11.2 Å². The smallest absolute Gasteiger partial charge is 0.226 e. The minimum Gasteiger partial charge on any atom is -0.390 e. The number of nitrogens with one attached hydrogen (secondary N) is 1. The third-order valence-electron chi connectivity index (χ3n) is 4.54. The summed E-state index contributed by atoms with van der Waals surface area (Å²) in [6, 6.07) is -0.239. The number of anilines is 1. The van der Waals surface area contributed by atoms with Crippen molar-refractivity contribution >= 4 is 28.6 Å². The topological polar surface area (TPSA) is 96.1 Å². The summed E-state index contributed by atoms with van der Waals surface area (Å²) in [5.74, 6) is 3.34. The van der Waals surface area contributed by atoms with Gasteiger partial charge in [0.1, 0.15) is 6.10 Å². The van der Waals surface area contributed by atoms with E-state index in [1.54, 1.807) is 10.9 Å². The molecular formula is C14H14ClN5O2. The summed E-state index contributed by atoms with van der Waals surface area (Å²) in [6.07, 6.45) is 6.25. The monoisotopic (exact) mass is 319 g/mol. The van der Waals surface area contributed by atoms with Crippen molar-refractivity contribution in [3.05, 3.63) is 11.6 Å². The summed E-state index contributed by atoms with van der Waals surface area (Å²) < 4.78 is 1.79. The lowest BCUT2D eigenvalue weighted by molar-refractivity contribution is 0.00386. The van der Waals surface area contributed by atoms with E-state index < -0.39 is 12.2 Å². The second kappa shape index (κ2) is 4.81. The van der Waals surface area contributed by atoms with Gasteiger partial charge in [-0.15, -0.1) is 6.42 Å². The fourth-order valence-corrected chi connectivity index (χ4v) is 3.63. The van der Waals surface area contributed by atoms with E-state index in [-0.39, 0.29) is 23.2 Å². The SMILES string of the molecule is C#CCNc1nc(Cl)nc2c1ncn2[C@H]1[C@H](O)[C@H](O)[C@@H]2C[C@@H]21. The molecule has 8 heteroatoms. The molecule has 2 aromatic rings. The van der Waals surface area contributed by atoms with Crippen LogP contribution in [-0.2, 0) is 0 Å². The van der Waals surface area contributed by atoms with Crippen LogP contribution < -0.4 is 5.32 Å². The Bertz CT molecular complexity index is 785. The highest BCUT2D eigenvalue weighted by atomic mass is 35.5. The van der Waals surface area contributed by atoms with Crippen LogP contribution in [-0.4, -0.2) is 48.5 Å². The maximum Gasteiger partial charge on any atom is 0.226 e. The van der Waals surface area contributed by atoms with Crippen LogP contribution >= 0.6 is 11.6 Å². The number of fused-ring (bicyclic) bond motifs is 2. The highest BCUT2D eigenvalue weighted by Gasteiger charge is 2.60. The van der Waals surface area contributed by atoms with Gasteiger partial charge < -0.3 is 20.1 Å². The first kappa shape index (κ1) is 13.8. The quantitative estimate of drug-likeness (QED) is 0.561. The largest absolute Gasteiger partial charge is 0.390 e. The summed E-state index contributed by atoms with van der Waals surface area (Å²) in [7, 11) is 0. The molecule has 5 atom stereocenters. The summed E-state index contributed by atoms with van der Waals surface area (Å²) in [4.78, 5) is 12.7. The second-order valence-corrected chi connectivity index (χ2v) is 6.10. The van der Waals surface area contributed by atoms with Gasteiger partial charge in [-0.05, 0) is 29.9 Å². The number of aromatic nitrogens is 4. The van der Waals surface area contributed by atoms with E-state index in [9.17, 15) is 10.2 Å². The van der Waals surface area contributed by atoms with Crippen molar-refractivity contribution in [3.63, 3.8) is 0 Å². The zero-order valence-electron chi connectivity index (χ0n) is 11.5. The molecule has 0 aliphatic heterocycles. The molecule has 0 saturated heterocycles. The molecule has 2 aromatic heterocycles. The minimum absolute atomic E-state index is 0.0779. The van der Waals surface area contributed by atoms with Gasteiger partial charge >= 0.3 is 0 Å². The normalized spacial score (nSPS) is 32.7. The van der Waals surface area contributed by atoms with Crippen LogP contribution in [0.1, 0.15) is 12.5 Å². The Morgan fingerprint density at radius 2 is 2.18 bits per heavy atom. The highest BCUT2D eigenvalue weighted by molar-refractivity contribution is 6.28. The highest BCUT2D eigenvalue weighted by Crippen LogP contribution is 2.57. The first-order chi connectivity index (χ1) is 10.6. The number of halogens is 1. The molecule has 7 nitrogen and oxygen atoms in total. The molecule has 0 spiro atoms. The van der Waals surface area contributed by atoms with E-state index in [0.717, 1.165) is 6.42 Å². The molecule has 2 aliphatic rings. The number of nitrogens with zero attached hydrogens (tertiary/aromatic N) is 4. The molecule has 2 fully saturated rings. The summed E-state index contributed by atoms with van der Waals surface area (Å²) in [5.41, 5.74) is 1.08. The molecule has 114 valence electrons. The van der Waals surface area contributed by atoms with Crippen LogP contribution in [0.4, 0.5) is 5.82 Å². The van der Waals surface area contributed by atoms with Gasteiger partial charge in [0.05, 0.1) is 25.0 Å². The Kier molecular flexibility index (Phi) is 3.01. The predicted octanol–water partition coefficient (Wildman–Crippen LogP) is 0.437. The first-order valence-electron chi connectivity index (χ1n) is 7.05. The lowest BCUT2D eigenvalue weighted by atomic mass is 10.1. The van der Waals surface area contributed by atoms with E-state index >= 15 is 0 Å². The Morgan fingerprint density at radius 1 is 1.36 bits per heavy atom. The van der Waals surface area contributed by atoms with Crippen molar-refractivity contribution in [2.45, 2.75) is 24.7 Å². The molecule has 0 radical (unpaired) electrons. The third-order valence-corrected chi connectivity index (χ3v) is 4.71. The van der Waals surface area contributed by atoms with Crippen LogP contribution in [0.3, 0.4) is 0 Å². The van der Waals surface area contributed by atoms with Crippen LogP contribution in [0, 0.1) is 24.2 Å². The number of rotatable bonds is 3. The molecule has 3 N–H and O–H groups in total. The van der Waals surface area contributed by atoms with E-state index in [0.29, 0.717) is 23.5 Å². The maximum absolute atomic E-state index is 10.3. The van der Waals surface area contributed by atoms with Crippen molar-refractivity contribution < 1.29 is 10.2 Å². The average molecular weight is 320 g/mol. The first-order valence-corrected chi connectivity index (χ1v) is 7.43. The zero-order chi connectivity index (χ0) is 15.4. The van der Waals surface area contributed by atoms with Gasteiger partial charge in [0, 0.05) is 0 Å². The van der Waals surface area contributed by atoms with Crippen molar-refractivity contribution in [2.75, 3.05) is 11.9 Å². The van der Waals surface area contributed by atoms with Gasteiger partial charge in [-0.3, -0.25) is 0 Å². The number of hydrogen-bond donors (Lipinski definition) is 3. The molecule has 2 heterocycles. The summed E-state index contributed by atoms with van der Waals surface area (Å²) in [5, 5.41) is 23.3. The molecule has 0 aromatic carbocycles. The molecule has 22 heavy (non-hydrogen) atoms. The number of aliphatic hydroxyl groups is 2. The fraction of sp³-hybridized carbons (Fsp3) is 0.500. The van der Waals surface area contributed by atoms with Gasteiger partial charge in [0.2, 0.25) is 5.28 Å². The number of terminal acetylenes is 1. The predicted molar refractivity (Wildman–Crippen MR) is 80.3 cm³/mol. The van der Waals surface area contributed by atoms with Gasteiger partial charge in [0.15, 0.2) is 17.0 Å². The van der Waals surface area contributed by atoms with Gasteiger partial charge in [-0.2, -0.15) is 9.97 Å². The zero-order valence-corrected chi connectivity index (χ0v) is 12.3. The Balaban J connectivity index is 1.80.